The summed E-state index contributed by atoms with van der Waals surface area (Å²) in [5, 5.41) is 4.41. The van der Waals surface area contributed by atoms with Gasteiger partial charge in [-0.1, -0.05) is 42.6 Å². The van der Waals surface area contributed by atoms with E-state index in [1.807, 2.05) is 18.2 Å². The first-order valence-electron chi connectivity index (χ1n) is 9.18. The zero-order valence-corrected chi connectivity index (χ0v) is 16.9. The highest BCUT2D eigenvalue weighted by Gasteiger charge is 2.15. The lowest BCUT2D eigenvalue weighted by Crippen LogP contribution is -2.36. The van der Waals surface area contributed by atoms with Crippen molar-refractivity contribution in [3.8, 4) is 6.01 Å². The van der Waals surface area contributed by atoms with Crippen molar-refractivity contribution in [1.29, 1.82) is 0 Å². The third-order valence-electron chi connectivity index (χ3n) is 4.21. The van der Waals surface area contributed by atoms with E-state index >= 15 is 0 Å². The van der Waals surface area contributed by atoms with Crippen LogP contribution in [0.5, 0.6) is 6.01 Å². The molecule has 6 nitrogen and oxygen atoms in total. The van der Waals surface area contributed by atoms with E-state index in [4.69, 9.17) is 32.7 Å². The fraction of sp³-hybridized carbons (Fsp3) is 0.474. The van der Waals surface area contributed by atoms with E-state index in [-0.39, 0.29) is 0 Å². The summed E-state index contributed by atoms with van der Waals surface area (Å²) in [7, 11) is 0. The molecule has 1 N–H and O–H groups in total. The molecule has 8 heteroatoms. The summed E-state index contributed by atoms with van der Waals surface area (Å²) in [6.07, 6.45) is 2.03. The standard InChI is InChI=1S/C19H24Cl2N4O2/c1-2-3-8-27-19-23-17(12-18(24-19)25-6-9-26-10-7-25)22-13-14-4-5-15(20)16(21)11-14/h4-5,11-12H,2-3,6-10,13H2,1H3,(H,22,23,24). The zero-order chi connectivity index (χ0) is 19.1. The van der Waals surface area contributed by atoms with E-state index in [1.54, 1.807) is 6.07 Å². The monoisotopic (exact) mass is 410 g/mol. The van der Waals surface area contributed by atoms with Gasteiger partial charge in [-0.25, -0.2) is 0 Å². The highest BCUT2D eigenvalue weighted by Crippen LogP contribution is 2.24. The molecule has 27 heavy (non-hydrogen) atoms. The van der Waals surface area contributed by atoms with E-state index in [0.717, 1.165) is 37.3 Å². The van der Waals surface area contributed by atoms with Crippen LogP contribution in [0.1, 0.15) is 25.3 Å². The van der Waals surface area contributed by atoms with Crippen molar-refractivity contribution in [3.05, 3.63) is 39.9 Å². The van der Waals surface area contributed by atoms with Crippen molar-refractivity contribution < 1.29 is 9.47 Å². The Morgan fingerprint density at radius 2 is 1.96 bits per heavy atom. The second-order valence-electron chi connectivity index (χ2n) is 6.30. The van der Waals surface area contributed by atoms with Crippen molar-refractivity contribution >= 4 is 34.8 Å². The Morgan fingerprint density at radius 1 is 1.15 bits per heavy atom. The van der Waals surface area contributed by atoms with Gasteiger partial charge in [-0.3, -0.25) is 0 Å². The second kappa shape index (κ2) is 9.97. The lowest BCUT2D eigenvalue weighted by molar-refractivity contribution is 0.122. The molecule has 0 atom stereocenters. The van der Waals surface area contributed by atoms with Gasteiger partial charge in [0.25, 0.3) is 0 Å². The number of aromatic nitrogens is 2. The number of hydrogen-bond donors (Lipinski definition) is 1. The number of anilines is 2. The van der Waals surface area contributed by atoms with E-state index in [9.17, 15) is 0 Å². The minimum Gasteiger partial charge on any atom is -0.463 e. The van der Waals surface area contributed by atoms with Crippen LogP contribution >= 0.6 is 23.2 Å². The van der Waals surface area contributed by atoms with Gasteiger partial charge in [0, 0.05) is 25.7 Å². The van der Waals surface area contributed by atoms with Crippen LogP contribution in [0.15, 0.2) is 24.3 Å². The molecule has 2 heterocycles. The number of nitrogens with one attached hydrogen (secondary N) is 1. The molecule has 1 saturated heterocycles. The maximum absolute atomic E-state index is 6.09. The molecule has 1 aliphatic heterocycles. The molecule has 3 rings (SSSR count). The highest BCUT2D eigenvalue weighted by molar-refractivity contribution is 6.42. The molecule has 0 unspecified atom stereocenters. The number of rotatable bonds is 8. The van der Waals surface area contributed by atoms with Gasteiger partial charge in [0.05, 0.1) is 29.9 Å². The summed E-state index contributed by atoms with van der Waals surface area (Å²) in [6.45, 7) is 6.30. The summed E-state index contributed by atoms with van der Waals surface area (Å²) in [5.41, 5.74) is 1.02. The first kappa shape index (κ1) is 20.0. The molecule has 1 aliphatic rings. The first-order chi connectivity index (χ1) is 13.2. The topological polar surface area (TPSA) is 59.5 Å². The number of hydrogen-bond acceptors (Lipinski definition) is 6. The Hall–Kier alpha value is -1.76. The Bertz CT molecular complexity index is 754. The Morgan fingerprint density at radius 3 is 2.70 bits per heavy atom. The van der Waals surface area contributed by atoms with Gasteiger partial charge in [0.2, 0.25) is 0 Å². The first-order valence-corrected chi connectivity index (χ1v) is 9.93. The lowest BCUT2D eigenvalue weighted by Gasteiger charge is -2.28. The van der Waals surface area contributed by atoms with Gasteiger partial charge in [-0.15, -0.1) is 0 Å². The van der Waals surface area contributed by atoms with Crippen LogP contribution in [0, 0.1) is 0 Å². The summed E-state index contributed by atoms with van der Waals surface area (Å²) < 4.78 is 11.2. The van der Waals surface area contributed by atoms with Gasteiger partial charge in [0.15, 0.2) is 0 Å². The molecule has 0 bridgehead atoms. The average Bonchev–Trinajstić information content (AvgIpc) is 2.70. The van der Waals surface area contributed by atoms with Gasteiger partial charge < -0.3 is 19.7 Å². The number of nitrogens with zero attached hydrogens (tertiary/aromatic N) is 3. The molecular formula is C19H24Cl2N4O2. The fourth-order valence-electron chi connectivity index (χ4n) is 2.67. The highest BCUT2D eigenvalue weighted by atomic mass is 35.5. The quantitative estimate of drug-likeness (QED) is 0.650. The van der Waals surface area contributed by atoms with E-state index in [1.165, 1.54) is 0 Å². The Labute approximate surface area is 169 Å². The molecule has 0 amide bonds. The Balaban J connectivity index is 1.74. The number of morpholine rings is 1. The van der Waals surface area contributed by atoms with Gasteiger partial charge in [-0.05, 0) is 24.1 Å². The van der Waals surface area contributed by atoms with Crippen molar-refractivity contribution in [2.75, 3.05) is 43.1 Å². The molecule has 0 radical (unpaired) electrons. The van der Waals surface area contributed by atoms with Crippen molar-refractivity contribution in [3.63, 3.8) is 0 Å². The second-order valence-corrected chi connectivity index (χ2v) is 7.11. The molecule has 0 spiro atoms. The summed E-state index contributed by atoms with van der Waals surface area (Å²) in [5.74, 6) is 1.56. The van der Waals surface area contributed by atoms with E-state index in [0.29, 0.717) is 48.2 Å². The van der Waals surface area contributed by atoms with Gasteiger partial charge in [-0.2, -0.15) is 9.97 Å². The van der Waals surface area contributed by atoms with E-state index < -0.39 is 0 Å². The van der Waals surface area contributed by atoms with Gasteiger partial charge >= 0.3 is 6.01 Å². The van der Waals surface area contributed by atoms with Crippen LogP contribution in [0.2, 0.25) is 10.0 Å². The predicted molar refractivity (Wildman–Crippen MR) is 109 cm³/mol. The molecule has 0 aliphatic carbocycles. The maximum atomic E-state index is 6.09. The predicted octanol–water partition coefficient (Wildman–Crippen LogP) is 4.41. The summed E-state index contributed by atoms with van der Waals surface area (Å²) in [4.78, 5) is 11.2. The Kier molecular flexibility index (Phi) is 7.38. The van der Waals surface area contributed by atoms with Crippen LogP contribution < -0.4 is 15.0 Å². The smallest absolute Gasteiger partial charge is 0.320 e. The van der Waals surface area contributed by atoms with Gasteiger partial charge in [0.1, 0.15) is 11.6 Å². The summed E-state index contributed by atoms with van der Waals surface area (Å²) >= 11 is 12.1. The number of ether oxygens (including phenoxy) is 2. The maximum Gasteiger partial charge on any atom is 0.320 e. The lowest BCUT2D eigenvalue weighted by atomic mass is 10.2. The molecule has 1 aromatic heterocycles. The van der Waals surface area contributed by atoms with Crippen molar-refractivity contribution in [1.82, 2.24) is 9.97 Å². The number of halogens is 2. The third-order valence-corrected chi connectivity index (χ3v) is 4.95. The minimum absolute atomic E-state index is 0.393. The normalized spacial score (nSPS) is 14.3. The van der Waals surface area contributed by atoms with Crippen LogP contribution in [-0.2, 0) is 11.3 Å². The third kappa shape index (κ3) is 5.86. The number of benzene rings is 1. The molecule has 2 aromatic rings. The minimum atomic E-state index is 0.393. The molecule has 0 saturated carbocycles. The molecular weight excluding hydrogens is 387 g/mol. The summed E-state index contributed by atoms with van der Waals surface area (Å²) in [6, 6.07) is 7.90. The van der Waals surface area contributed by atoms with Crippen LogP contribution in [0.25, 0.3) is 0 Å². The SMILES string of the molecule is CCCCOc1nc(NCc2ccc(Cl)c(Cl)c2)cc(N2CCOCC2)n1. The van der Waals surface area contributed by atoms with Crippen molar-refractivity contribution in [2.24, 2.45) is 0 Å². The van der Waals surface area contributed by atoms with Crippen LogP contribution in [-0.4, -0.2) is 42.9 Å². The van der Waals surface area contributed by atoms with Crippen LogP contribution in [0.3, 0.4) is 0 Å². The molecule has 146 valence electrons. The number of unbranched alkanes of at least 4 members (excludes halogenated alkanes) is 1. The largest absolute Gasteiger partial charge is 0.463 e. The average molecular weight is 411 g/mol. The van der Waals surface area contributed by atoms with E-state index in [2.05, 4.69) is 27.1 Å². The zero-order valence-electron chi connectivity index (χ0n) is 15.4. The molecule has 1 aromatic carbocycles. The molecule has 1 fully saturated rings. The van der Waals surface area contributed by atoms with Crippen LogP contribution in [0.4, 0.5) is 11.6 Å². The fourth-order valence-corrected chi connectivity index (χ4v) is 2.99. The van der Waals surface area contributed by atoms with Crippen molar-refractivity contribution in [2.45, 2.75) is 26.3 Å².